The molecule has 1 saturated carbocycles. The summed E-state index contributed by atoms with van der Waals surface area (Å²) in [7, 11) is 1.68. The van der Waals surface area contributed by atoms with Crippen LogP contribution in [0.15, 0.2) is 0 Å². The van der Waals surface area contributed by atoms with Crippen molar-refractivity contribution in [2.45, 2.75) is 51.5 Å². The zero-order valence-electron chi connectivity index (χ0n) is 12.3. The minimum absolute atomic E-state index is 0.193. The standard InChI is InChI=1S/C15H28N2O2/c1-12-4-3-5-13(7-6-12)17-14(18)15(11-19-2)8-9-16-10-15/h12-13,16H,3-11H2,1-2H3,(H,17,18). The van der Waals surface area contributed by atoms with Crippen LogP contribution in [0.3, 0.4) is 0 Å². The number of carbonyl (C=O) groups excluding carboxylic acids is 1. The smallest absolute Gasteiger partial charge is 0.230 e. The van der Waals surface area contributed by atoms with E-state index in [4.69, 9.17) is 4.74 Å². The lowest BCUT2D eigenvalue weighted by Gasteiger charge is -2.28. The van der Waals surface area contributed by atoms with Crippen LogP contribution in [0.25, 0.3) is 0 Å². The quantitative estimate of drug-likeness (QED) is 0.763. The normalized spacial score (nSPS) is 35.9. The number of amides is 1. The Kier molecular flexibility index (Phi) is 5.22. The molecule has 0 spiro atoms. The summed E-state index contributed by atoms with van der Waals surface area (Å²) in [6.07, 6.45) is 6.92. The number of rotatable bonds is 4. The maximum absolute atomic E-state index is 12.6. The van der Waals surface area contributed by atoms with E-state index < -0.39 is 0 Å². The van der Waals surface area contributed by atoms with Crippen molar-refractivity contribution in [3.8, 4) is 0 Å². The molecule has 1 aliphatic carbocycles. The maximum atomic E-state index is 12.6. The summed E-state index contributed by atoms with van der Waals surface area (Å²) in [4.78, 5) is 12.6. The summed E-state index contributed by atoms with van der Waals surface area (Å²) in [5, 5.41) is 6.58. The lowest BCUT2D eigenvalue weighted by molar-refractivity contribution is -0.133. The predicted octanol–water partition coefficient (Wildman–Crippen LogP) is 1.70. The predicted molar refractivity (Wildman–Crippen MR) is 76.0 cm³/mol. The van der Waals surface area contributed by atoms with E-state index >= 15 is 0 Å². The fourth-order valence-electron chi connectivity index (χ4n) is 3.37. The molecule has 1 aliphatic heterocycles. The van der Waals surface area contributed by atoms with Gasteiger partial charge in [0.15, 0.2) is 0 Å². The zero-order valence-corrected chi connectivity index (χ0v) is 12.3. The summed E-state index contributed by atoms with van der Waals surface area (Å²) in [6.45, 7) is 4.50. The number of hydrogen-bond donors (Lipinski definition) is 2. The Morgan fingerprint density at radius 1 is 1.37 bits per heavy atom. The number of ether oxygens (including phenoxy) is 1. The monoisotopic (exact) mass is 268 g/mol. The van der Waals surface area contributed by atoms with Crippen LogP contribution >= 0.6 is 0 Å². The third-order valence-corrected chi connectivity index (χ3v) is 4.74. The lowest BCUT2D eigenvalue weighted by Crippen LogP contribution is -2.49. The van der Waals surface area contributed by atoms with Gasteiger partial charge < -0.3 is 15.4 Å². The van der Waals surface area contributed by atoms with E-state index in [0.717, 1.165) is 38.3 Å². The highest BCUT2D eigenvalue weighted by molar-refractivity contribution is 5.83. The van der Waals surface area contributed by atoms with Crippen molar-refractivity contribution in [1.82, 2.24) is 10.6 Å². The molecular weight excluding hydrogens is 240 g/mol. The molecule has 3 atom stereocenters. The van der Waals surface area contributed by atoms with Crippen molar-refractivity contribution in [3.05, 3.63) is 0 Å². The van der Waals surface area contributed by atoms with Gasteiger partial charge in [0.25, 0.3) is 0 Å². The van der Waals surface area contributed by atoms with Crippen LogP contribution in [0.2, 0.25) is 0 Å². The molecule has 1 heterocycles. The summed E-state index contributed by atoms with van der Waals surface area (Å²) in [5.74, 6) is 1.00. The number of nitrogens with one attached hydrogen (secondary N) is 2. The molecule has 3 unspecified atom stereocenters. The van der Waals surface area contributed by atoms with E-state index in [1.54, 1.807) is 7.11 Å². The summed E-state index contributed by atoms with van der Waals surface area (Å²) < 4.78 is 5.28. The lowest BCUT2D eigenvalue weighted by atomic mass is 9.86. The average Bonchev–Trinajstić information content (AvgIpc) is 2.77. The Bertz CT molecular complexity index is 301. The molecule has 0 aromatic rings. The molecule has 2 N–H and O–H groups in total. The highest BCUT2D eigenvalue weighted by Crippen LogP contribution is 2.28. The fraction of sp³-hybridized carbons (Fsp3) is 0.933. The van der Waals surface area contributed by atoms with Gasteiger partial charge in [0.1, 0.15) is 0 Å². The molecule has 1 saturated heterocycles. The molecule has 2 fully saturated rings. The van der Waals surface area contributed by atoms with E-state index in [0.29, 0.717) is 12.6 Å². The van der Waals surface area contributed by atoms with Crippen molar-refractivity contribution in [2.75, 3.05) is 26.8 Å². The molecular formula is C15H28N2O2. The maximum Gasteiger partial charge on any atom is 0.230 e. The van der Waals surface area contributed by atoms with Gasteiger partial charge in [0.05, 0.1) is 12.0 Å². The number of carbonyl (C=O) groups is 1. The van der Waals surface area contributed by atoms with Gasteiger partial charge in [-0.15, -0.1) is 0 Å². The number of methoxy groups -OCH3 is 1. The molecule has 0 bridgehead atoms. The average molecular weight is 268 g/mol. The topological polar surface area (TPSA) is 50.4 Å². The van der Waals surface area contributed by atoms with E-state index in [-0.39, 0.29) is 11.3 Å². The fourth-order valence-corrected chi connectivity index (χ4v) is 3.37. The Morgan fingerprint density at radius 3 is 2.89 bits per heavy atom. The first-order valence-corrected chi connectivity index (χ1v) is 7.67. The molecule has 4 heteroatoms. The van der Waals surface area contributed by atoms with E-state index in [9.17, 15) is 4.79 Å². The molecule has 0 aromatic heterocycles. The molecule has 2 aliphatic rings. The van der Waals surface area contributed by atoms with E-state index in [1.807, 2.05) is 0 Å². The van der Waals surface area contributed by atoms with Gasteiger partial charge in [-0.25, -0.2) is 0 Å². The third kappa shape index (κ3) is 3.69. The van der Waals surface area contributed by atoms with Crippen LogP contribution in [-0.4, -0.2) is 38.8 Å². The van der Waals surface area contributed by atoms with Crippen LogP contribution in [0, 0.1) is 11.3 Å². The molecule has 0 aromatic carbocycles. The molecule has 2 rings (SSSR count). The second-order valence-corrected chi connectivity index (χ2v) is 6.42. The van der Waals surface area contributed by atoms with Gasteiger partial charge in [-0.3, -0.25) is 4.79 Å². The van der Waals surface area contributed by atoms with Gasteiger partial charge in [-0.1, -0.05) is 19.8 Å². The first-order chi connectivity index (χ1) is 9.16. The second-order valence-electron chi connectivity index (χ2n) is 6.42. The van der Waals surface area contributed by atoms with Crippen LogP contribution in [0.4, 0.5) is 0 Å². The molecule has 110 valence electrons. The Morgan fingerprint density at radius 2 is 2.21 bits per heavy atom. The van der Waals surface area contributed by atoms with Gasteiger partial charge in [0.2, 0.25) is 5.91 Å². The Labute approximate surface area is 116 Å². The number of hydrogen-bond acceptors (Lipinski definition) is 3. The van der Waals surface area contributed by atoms with Crippen LogP contribution in [0.1, 0.15) is 45.4 Å². The minimum atomic E-state index is -0.341. The van der Waals surface area contributed by atoms with Crippen LogP contribution in [0.5, 0.6) is 0 Å². The third-order valence-electron chi connectivity index (χ3n) is 4.74. The van der Waals surface area contributed by atoms with Crippen molar-refractivity contribution >= 4 is 5.91 Å². The van der Waals surface area contributed by atoms with Crippen molar-refractivity contribution in [2.24, 2.45) is 11.3 Å². The summed E-state index contributed by atoms with van der Waals surface area (Å²) in [6, 6.07) is 0.367. The van der Waals surface area contributed by atoms with Crippen LogP contribution < -0.4 is 10.6 Å². The van der Waals surface area contributed by atoms with E-state index in [1.165, 1.54) is 19.3 Å². The van der Waals surface area contributed by atoms with Gasteiger partial charge in [-0.2, -0.15) is 0 Å². The Balaban J connectivity index is 1.91. The molecule has 4 nitrogen and oxygen atoms in total. The Hall–Kier alpha value is -0.610. The first-order valence-electron chi connectivity index (χ1n) is 7.67. The highest BCUT2D eigenvalue weighted by atomic mass is 16.5. The van der Waals surface area contributed by atoms with Crippen molar-refractivity contribution in [3.63, 3.8) is 0 Å². The molecule has 1 amide bonds. The summed E-state index contributed by atoms with van der Waals surface area (Å²) >= 11 is 0. The van der Waals surface area contributed by atoms with E-state index in [2.05, 4.69) is 17.6 Å². The SMILES string of the molecule is COCC1(C(=O)NC2CCCC(C)CC2)CCNC1. The largest absolute Gasteiger partial charge is 0.384 e. The van der Waals surface area contributed by atoms with Crippen LogP contribution in [-0.2, 0) is 9.53 Å². The van der Waals surface area contributed by atoms with Crippen molar-refractivity contribution in [1.29, 1.82) is 0 Å². The van der Waals surface area contributed by atoms with Gasteiger partial charge in [-0.05, 0) is 38.1 Å². The first kappa shape index (κ1) is 14.8. The molecule has 0 radical (unpaired) electrons. The minimum Gasteiger partial charge on any atom is -0.384 e. The second kappa shape index (κ2) is 6.71. The van der Waals surface area contributed by atoms with Gasteiger partial charge >= 0.3 is 0 Å². The zero-order chi connectivity index (χ0) is 13.7. The van der Waals surface area contributed by atoms with Crippen molar-refractivity contribution < 1.29 is 9.53 Å². The van der Waals surface area contributed by atoms with Gasteiger partial charge in [0, 0.05) is 19.7 Å². The highest BCUT2D eigenvalue weighted by Gasteiger charge is 2.42. The molecule has 19 heavy (non-hydrogen) atoms. The summed E-state index contributed by atoms with van der Waals surface area (Å²) in [5.41, 5.74) is -0.341.